The molecule has 0 bridgehead atoms. The molecule has 0 aromatic carbocycles. The second-order valence-electron chi connectivity index (χ2n) is 6.56. The molecule has 0 fully saturated rings. The van der Waals surface area contributed by atoms with Gasteiger partial charge in [0.15, 0.2) is 0 Å². The second-order valence-corrected chi connectivity index (χ2v) is 6.56. The van der Waals surface area contributed by atoms with Gasteiger partial charge in [-0.2, -0.15) is 0 Å². The van der Waals surface area contributed by atoms with Gasteiger partial charge in [-0.15, -0.1) is 0 Å². The number of carbonyl (C=O) groups excluding carboxylic acids is 3. The summed E-state index contributed by atoms with van der Waals surface area (Å²) in [5, 5.41) is 8.57. The van der Waals surface area contributed by atoms with E-state index in [1.165, 1.54) is 4.90 Å². The maximum atomic E-state index is 12.2. The number of carbonyl (C=O) groups is 4. The fourth-order valence-electron chi connectivity index (χ4n) is 1.99. The zero-order chi connectivity index (χ0) is 19.6. The smallest absolute Gasteiger partial charge is 0.322 e. The third-order valence-corrected chi connectivity index (χ3v) is 3.66. The number of hydrogen-bond acceptors (Lipinski definition) is 6. The van der Waals surface area contributed by atoms with Crippen molar-refractivity contribution in [3.05, 3.63) is 0 Å². The van der Waals surface area contributed by atoms with E-state index in [0.717, 1.165) is 0 Å². The maximum absolute atomic E-state index is 12.2. The Morgan fingerprint density at radius 1 is 1.00 bits per heavy atom. The van der Waals surface area contributed by atoms with E-state index < -0.39 is 18.0 Å². The van der Waals surface area contributed by atoms with Crippen LogP contribution in [-0.2, 0) is 23.9 Å². The lowest BCUT2D eigenvalue weighted by Gasteiger charge is -2.24. The fourth-order valence-corrected chi connectivity index (χ4v) is 1.99. The molecule has 0 aliphatic rings. The number of amides is 1. The van der Waals surface area contributed by atoms with Crippen LogP contribution < -0.4 is 5.73 Å². The van der Waals surface area contributed by atoms with Crippen LogP contribution in [0, 0.1) is 11.8 Å². The number of ether oxygens (including phenoxy) is 1. The highest BCUT2D eigenvalue weighted by molar-refractivity contribution is 5.82. The van der Waals surface area contributed by atoms with Crippen molar-refractivity contribution in [3.63, 3.8) is 0 Å². The Kier molecular flexibility index (Phi) is 10.7. The Morgan fingerprint density at radius 3 is 2.08 bits per heavy atom. The largest absolute Gasteiger partial charge is 0.481 e. The zero-order valence-electron chi connectivity index (χ0n) is 15.5. The first-order chi connectivity index (χ1) is 11.6. The van der Waals surface area contributed by atoms with Crippen molar-refractivity contribution >= 4 is 23.6 Å². The number of carboxylic acids is 1. The zero-order valence-corrected chi connectivity index (χ0v) is 15.5. The van der Waals surface area contributed by atoms with E-state index in [0.29, 0.717) is 0 Å². The molecule has 0 aliphatic carbocycles. The van der Waals surface area contributed by atoms with Gasteiger partial charge in [0.05, 0.1) is 6.54 Å². The summed E-state index contributed by atoms with van der Waals surface area (Å²) in [4.78, 5) is 47.6. The molecule has 0 aliphatic heterocycles. The Bertz CT molecular complexity index is 476. The molecular formula is C17H30N2O6. The molecule has 0 saturated carbocycles. The predicted octanol–water partition coefficient (Wildman–Crippen LogP) is 0.822. The number of esters is 1. The molecular weight excluding hydrogens is 328 g/mol. The minimum absolute atomic E-state index is 0.00824. The number of hydrogen-bond donors (Lipinski definition) is 2. The Morgan fingerprint density at radius 2 is 1.60 bits per heavy atom. The highest BCUT2D eigenvalue weighted by atomic mass is 16.5. The molecule has 0 saturated heterocycles. The summed E-state index contributed by atoms with van der Waals surface area (Å²) in [6.45, 7) is 7.51. The third kappa shape index (κ3) is 9.81. The van der Waals surface area contributed by atoms with Crippen LogP contribution in [0.4, 0.5) is 0 Å². The molecule has 0 unspecified atom stereocenters. The summed E-state index contributed by atoms with van der Waals surface area (Å²) >= 11 is 0. The van der Waals surface area contributed by atoms with Crippen molar-refractivity contribution in [2.24, 2.45) is 17.6 Å². The lowest BCUT2D eigenvalue weighted by molar-refractivity contribution is -0.148. The van der Waals surface area contributed by atoms with Crippen LogP contribution >= 0.6 is 0 Å². The van der Waals surface area contributed by atoms with E-state index in [1.807, 2.05) is 0 Å². The van der Waals surface area contributed by atoms with E-state index in [4.69, 9.17) is 15.6 Å². The highest BCUT2D eigenvalue weighted by Crippen LogP contribution is 2.06. The first-order valence-electron chi connectivity index (χ1n) is 8.51. The van der Waals surface area contributed by atoms with E-state index >= 15 is 0 Å². The van der Waals surface area contributed by atoms with Crippen molar-refractivity contribution < 1.29 is 29.0 Å². The van der Waals surface area contributed by atoms with E-state index in [-0.39, 0.29) is 62.5 Å². The summed E-state index contributed by atoms with van der Waals surface area (Å²) < 4.78 is 5.02. The standard InChI is InChI=1S/C17H30N2O6/c1-11(2)14(20)7-8-19(16(23)12(3)4)9-10-25-17(24)13(18)5-6-15(21)22/h11-13H,5-10,18H2,1-4H3,(H,21,22)/t13-/m0/s1. The van der Waals surface area contributed by atoms with Crippen molar-refractivity contribution in [3.8, 4) is 0 Å². The molecule has 0 rings (SSSR count). The number of Topliss-reactive ketones (excluding diaryl/α,β-unsaturated/α-hetero) is 1. The highest BCUT2D eigenvalue weighted by Gasteiger charge is 2.21. The van der Waals surface area contributed by atoms with E-state index in [1.54, 1.807) is 27.7 Å². The number of carboxylic acid groups (broad SMARTS) is 1. The average molecular weight is 358 g/mol. The quantitative estimate of drug-likeness (QED) is 0.494. The van der Waals surface area contributed by atoms with Gasteiger partial charge in [0.2, 0.25) is 5.91 Å². The van der Waals surface area contributed by atoms with Gasteiger partial charge in [-0.3, -0.25) is 19.2 Å². The molecule has 0 aromatic rings. The minimum atomic E-state index is -1.04. The summed E-state index contributed by atoms with van der Waals surface area (Å²) in [7, 11) is 0. The molecule has 144 valence electrons. The van der Waals surface area contributed by atoms with Crippen LogP contribution in [0.1, 0.15) is 47.0 Å². The molecule has 25 heavy (non-hydrogen) atoms. The second kappa shape index (κ2) is 11.6. The van der Waals surface area contributed by atoms with Crippen molar-refractivity contribution in [2.75, 3.05) is 19.7 Å². The first-order valence-corrected chi connectivity index (χ1v) is 8.51. The lowest BCUT2D eigenvalue weighted by Crippen LogP contribution is -2.40. The molecule has 3 N–H and O–H groups in total. The third-order valence-electron chi connectivity index (χ3n) is 3.66. The summed E-state index contributed by atoms with van der Waals surface area (Å²) in [6.07, 6.45) is 0.0272. The van der Waals surface area contributed by atoms with Crippen LogP contribution in [0.2, 0.25) is 0 Å². The van der Waals surface area contributed by atoms with Crippen LogP contribution in [0.25, 0.3) is 0 Å². The van der Waals surface area contributed by atoms with Gasteiger partial charge in [-0.1, -0.05) is 27.7 Å². The summed E-state index contributed by atoms with van der Waals surface area (Å²) in [5.74, 6) is -2.12. The monoisotopic (exact) mass is 358 g/mol. The number of aliphatic carboxylic acids is 1. The van der Waals surface area contributed by atoms with Gasteiger partial charge >= 0.3 is 11.9 Å². The maximum Gasteiger partial charge on any atom is 0.322 e. The van der Waals surface area contributed by atoms with Crippen LogP contribution in [0.15, 0.2) is 0 Å². The van der Waals surface area contributed by atoms with Crippen LogP contribution in [0.5, 0.6) is 0 Å². The van der Waals surface area contributed by atoms with E-state index in [9.17, 15) is 19.2 Å². The van der Waals surface area contributed by atoms with E-state index in [2.05, 4.69) is 0 Å². The predicted molar refractivity (Wildman–Crippen MR) is 91.7 cm³/mol. The average Bonchev–Trinajstić information content (AvgIpc) is 2.53. The Hall–Kier alpha value is -1.96. The number of nitrogens with two attached hydrogens (primary N) is 1. The minimum Gasteiger partial charge on any atom is -0.481 e. The molecule has 1 amide bonds. The molecule has 0 heterocycles. The van der Waals surface area contributed by atoms with Crippen molar-refractivity contribution in [1.82, 2.24) is 4.90 Å². The Balaban J connectivity index is 4.46. The lowest BCUT2D eigenvalue weighted by atomic mass is 10.1. The topological polar surface area (TPSA) is 127 Å². The van der Waals surface area contributed by atoms with Crippen molar-refractivity contribution in [1.29, 1.82) is 0 Å². The normalized spacial score (nSPS) is 12.1. The van der Waals surface area contributed by atoms with Gasteiger partial charge in [-0.25, -0.2) is 0 Å². The van der Waals surface area contributed by atoms with Crippen LogP contribution in [-0.4, -0.2) is 59.4 Å². The first kappa shape index (κ1) is 23.0. The Labute approximate surface area is 148 Å². The fraction of sp³-hybridized carbons (Fsp3) is 0.765. The SMILES string of the molecule is CC(C)C(=O)CCN(CCOC(=O)[C@@H](N)CCC(=O)O)C(=O)C(C)C. The molecule has 8 nitrogen and oxygen atoms in total. The molecule has 8 heteroatoms. The summed E-state index contributed by atoms with van der Waals surface area (Å²) in [6, 6.07) is -1.01. The van der Waals surface area contributed by atoms with Crippen LogP contribution in [0.3, 0.4) is 0 Å². The number of rotatable bonds is 12. The van der Waals surface area contributed by atoms with Gasteiger partial charge in [0.1, 0.15) is 18.4 Å². The number of ketones is 1. The molecule has 1 atom stereocenters. The molecule has 0 radical (unpaired) electrons. The molecule has 0 spiro atoms. The van der Waals surface area contributed by atoms with Gasteiger partial charge in [0.25, 0.3) is 0 Å². The van der Waals surface area contributed by atoms with Gasteiger partial charge < -0.3 is 20.5 Å². The van der Waals surface area contributed by atoms with Gasteiger partial charge in [-0.05, 0) is 6.42 Å². The van der Waals surface area contributed by atoms with Gasteiger partial charge in [0, 0.05) is 31.2 Å². The summed E-state index contributed by atoms with van der Waals surface area (Å²) in [5.41, 5.74) is 5.56. The molecule has 0 aromatic heterocycles. The number of nitrogens with zero attached hydrogens (tertiary/aromatic N) is 1. The van der Waals surface area contributed by atoms with Crippen molar-refractivity contribution in [2.45, 2.75) is 53.0 Å².